The molecule has 6 nitrogen and oxygen atoms in total. The Kier molecular flexibility index (Phi) is 3.82. The van der Waals surface area contributed by atoms with E-state index >= 15 is 0 Å². The van der Waals surface area contributed by atoms with E-state index in [-0.39, 0.29) is 12.5 Å². The van der Waals surface area contributed by atoms with Crippen LogP contribution in [0.3, 0.4) is 0 Å². The summed E-state index contributed by atoms with van der Waals surface area (Å²) >= 11 is 0. The average molecular weight is 204 g/mol. The van der Waals surface area contributed by atoms with Crippen LogP contribution < -0.4 is 10.6 Å². The van der Waals surface area contributed by atoms with E-state index in [2.05, 4.69) is 10.6 Å². The fourth-order valence-electron chi connectivity index (χ4n) is 1.54. The number of aliphatic hydroxyl groups excluding tert-OH is 3. The van der Waals surface area contributed by atoms with Crippen molar-refractivity contribution < 1.29 is 20.1 Å². The molecule has 0 aromatic rings. The molecule has 82 valence electrons. The second-order valence-electron chi connectivity index (χ2n) is 3.31. The highest BCUT2D eigenvalue weighted by molar-refractivity contribution is 5.83. The van der Waals surface area contributed by atoms with Crippen LogP contribution in [0.1, 0.15) is 6.92 Å². The Hall–Kier alpha value is -0.690. The van der Waals surface area contributed by atoms with Gasteiger partial charge in [-0.2, -0.15) is 0 Å². The molecule has 4 atom stereocenters. The summed E-state index contributed by atoms with van der Waals surface area (Å²) in [5, 5.41) is 32.9. The predicted molar refractivity (Wildman–Crippen MR) is 48.5 cm³/mol. The van der Waals surface area contributed by atoms with Crippen molar-refractivity contribution in [1.29, 1.82) is 0 Å². The van der Waals surface area contributed by atoms with E-state index in [1.807, 2.05) is 0 Å². The van der Waals surface area contributed by atoms with Crippen molar-refractivity contribution in [3.8, 4) is 0 Å². The standard InChI is InChI=1S/C8H16N2O4/c1-2-9-8(14)5-7(13)6(12)4(3-11)10-5/h4-7,10-13H,2-3H2,1H3,(H,9,14)/t4-,5+,6-,7+/m1/s1. The van der Waals surface area contributed by atoms with Gasteiger partial charge in [0.1, 0.15) is 12.1 Å². The zero-order chi connectivity index (χ0) is 10.7. The van der Waals surface area contributed by atoms with Gasteiger partial charge >= 0.3 is 0 Å². The molecule has 0 bridgehead atoms. The first kappa shape index (κ1) is 11.4. The van der Waals surface area contributed by atoms with E-state index in [0.717, 1.165) is 0 Å². The zero-order valence-corrected chi connectivity index (χ0v) is 7.97. The number of nitrogens with one attached hydrogen (secondary N) is 2. The van der Waals surface area contributed by atoms with Crippen LogP contribution in [0.15, 0.2) is 0 Å². The maximum atomic E-state index is 11.3. The summed E-state index contributed by atoms with van der Waals surface area (Å²) in [4.78, 5) is 11.3. The molecular formula is C8H16N2O4. The van der Waals surface area contributed by atoms with Gasteiger partial charge in [-0.15, -0.1) is 0 Å². The van der Waals surface area contributed by atoms with Crippen molar-refractivity contribution in [2.24, 2.45) is 0 Å². The lowest BCUT2D eigenvalue weighted by Gasteiger charge is -2.14. The minimum atomic E-state index is -1.17. The highest BCUT2D eigenvalue weighted by Crippen LogP contribution is 2.14. The molecule has 1 amide bonds. The summed E-state index contributed by atoms with van der Waals surface area (Å²) < 4.78 is 0. The SMILES string of the molecule is CCNC(=O)[C@H]1N[C@H](CO)[C@@H](O)[C@H]1O. The maximum absolute atomic E-state index is 11.3. The molecule has 0 aliphatic carbocycles. The smallest absolute Gasteiger partial charge is 0.239 e. The molecule has 1 heterocycles. The highest BCUT2D eigenvalue weighted by atomic mass is 16.3. The molecule has 5 N–H and O–H groups in total. The average Bonchev–Trinajstić information content (AvgIpc) is 2.44. The number of carbonyl (C=O) groups excluding carboxylic acids is 1. The third kappa shape index (κ3) is 2.03. The molecule has 0 unspecified atom stereocenters. The summed E-state index contributed by atoms with van der Waals surface area (Å²) in [6, 6.07) is -1.49. The van der Waals surface area contributed by atoms with E-state index in [1.165, 1.54) is 0 Å². The summed E-state index contributed by atoms with van der Waals surface area (Å²) in [6.07, 6.45) is -2.27. The third-order valence-electron chi connectivity index (χ3n) is 2.33. The Bertz CT molecular complexity index is 212. The van der Waals surface area contributed by atoms with Crippen LogP contribution in [0.2, 0.25) is 0 Å². The van der Waals surface area contributed by atoms with E-state index in [9.17, 15) is 15.0 Å². The first-order valence-corrected chi connectivity index (χ1v) is 4.62. The fraction of sp³-hybridized carbons (Fsp3) is 0.875. The molecule has 1 saturated heterocycles. The number of hydrogen-bond donors (Lipinski definition) is 5. The van der Waals surface area contributed by atoms with Crippen LogP contribution in [0.5, 0.6) is 0 Å². The molecule has 1 rings (SSSR count). The lowest BCUT2D eigenvalue weighted by Crippen LogP contribution is -2.47. The topological polar surface area (TPSA) is 102 Å². The van der Waals surface area contributed by atoms with Crippen LogP contribution in [-0.2, 0) is 4.79 Å². The molecule has 0 radical (unpaired) electrons. The molecule has 0 spiro atoms. The van der Waals surface area contributed by atoms with Gasteiger partial charge in [-0.05, 0) is 6.92 Å². The number of aliphatic hydroxyl groups is 3. The van der Waals surface area contributed by atoms with Crippen LogP contribution in [-0.4, -0.2) is 58.7 Å². The van der Waals surface area contributed by atoms with Gasteiger partial charge in [0.2, 0.25) is 5.91 Å². The molecule has 6 heteroatoms. The van der Waals surface area contributed by atoms with Gasteiger partial charge in [0.05, 0.1) is 18.8 Å². The first-order chi connectivity index (χ1) is 6.61. The Morgan fingerprint density at radius 3 is 2.50 bits per heavy atom. The molecule has 0 saturated carbocycles. The summed E-state index contributed by atoms with van der Waals surface area (Å²) in [5.74, 6) is -0.366. The van der Waals surface area contributed by atoms with Gasteiger partial charge in [-0.25, -0.2) is 0 Å². The van der Waals surface area contributed by atoms with Gasteiger partial charge in [-0.1, -0.05) is 0 Å². The molecule has 1 aliphatic heterocycles. The quantitative estimate of drug-likeness (QED) is 0.341. The summed E-state index contributed by atoms with van der Waals surface area (Å²) in [6.45, 7) is 1.91. The van der Waals surface area contributed by atoms with Crippen molar-refractivity contribution >= 4 is 5.91 Å². The number of likely N-dealkylation sites (N-methyl/N-ethyl adjacent to an activating group) is 1. The summed E-state index contributed by atoms with van der Waals surface area (Å²) in [7, 11) is 0. The van der Waals surface area contributed by atoms with E-state index in [4.69, 9.17) is 5.11 Å². The minimum Gasteiger partial charge on any atom is -0.395 e. The largest absolute Gasteiger partial charge is 0.395 e. The summed E-state index contributed by atoms with van der Waals surface area (Å²) in [5.41, 5.74) is 0. The first-order valence-electron chi connectivity index (χ1n) is 4.62. The lowest BCUT2D eigenvalue weighted by atomic mass is 10.1. The van der Waals surface area contributed by atoms with Crippen LogP contribution in [0, 0.1) is 0 Å². The van der Waals surface area contributed by atoms with Gasteiger partial charge in [-0.3, -0.25) is 10.1 Å². The Labute approximate surface area is 81.9 Å². The van der Waals surface area contributed by atoms with Crippen molar-refractivity contribution in [2.75, 3.05) is 13.2 Å². The number of carbonyl (C=O) groups is 1. The van der Waals surface area contributed by atoms with E-state index in [1.54, 1.807) is 6.92 Å². The fourth-order valence-corrected chi connectivity index (χ4v) is 1.54. The number of amides is 1. The monoisotopic (exact) mass is 204 g/mol. The van der Waals surface area contributed by atoms with Gasteiger partial charge in [0.25, 0.3) is 0 Å². The minimum absolute atomic E-state index is 0.311. The van der Waals surface area contributed by atoms with Crippen molar-refractivity contribution in [1.82, 2.24) is 10.6 Å². The zero-order valence-electron chi connectivity index (χ0n) is 7.97. The van der Waals surface area contributed by atoms with E-state index < -0.39 is 24.3 Å². The molecule has 1 aliphatic rings. The van der Waals surface area contributed by atoms with Gasteiger partial charge in [0.15, 0.2) is 0 Å². The Morgan fingerprint density at radius 2 is 2.07 bits per heavy atom. The Morgan fingerprint density at radius 1 is 1.43 bits per heavy atom. The molecule has 0 aromatic heterocycles. The van der Waals surface area contributed by atoms with Crippen LogP contribution >= 0.6 is 0 Å². The maximum Gasteiger partial charge on any atom is 0.239 e. The molecular weight excluding hydrogens is 188 g/mol. The van der Waals surface area contributed by atoms with E-state index in [0.29, 0.717) is 6.54 Å². The number of hydrogen-bond acceptors (Lipinski definition) is 5. The second kappa shape index (κ2) is 4.70. The molecule has 14 heavy (non-hydrogen) atoms. The van der Waals surface area contributed by atoms with Crippen molar-refractivity contribution in [3.63, 3.8) is 0 Å². The highest BCUT2D eigenvalue weighted by Gasteiger charge is 2.43. The predicted octanol–water partition coefficient (Wildman–Crippen LogP) is -2.82. The van der Waals surface area contributed by atoms with Gasteiger partial charge in [0, 0.05) is 6.54 Å². The van der Waals surface area contributed by atoms with Gasteiger partial charge < -0.3 is 20.6 Å². The Balaban J connectivity index is 2.60. The normalized spacial score (nSPS) is 37.1. The lowest BCUT2D eigenvalue weighted by molar-refractivity contribution is -0.125. The molecule has 1 fully saturated rings. The van der Waals surface area contributed by atoms with Crippen molar-refractivity contribution in [2.45, 2.75) is 31.2 Å². The van der Waals surface area contributed by atoms with Crippen molar-refractivity contribution in [3.05, 3.63) is 0 Å². The van der Waals surface area contributed by atoms with Crippen LogP contribution in [0.25, 0.3) is 0 Å². The van der Waals surface area contributed by atoms with Crippen LogP contribution in [0.4, 0.5) is 0 Å². The number of rotatable bonds is 3. The molecule has 0 aromatic carbocycles. The second-order valence-corrected chi connectivity index (χ2v) is 3.31. The third-order valence-corrected chi connectivity index (χ3v) is 2.33.